The molecule has 3 aromatic rings. The molecule has 5 aliphatic rings. The second-order valence-electron chi connectivity index (χ2n) is 16.4. The minimum absolute atomic E-state index is 0.0482. The monoisotopic (exact) mass is 731 g/mol. The molecule has 2 amide bonds. The van der Waals surface area contributed by atoms with E-state index >= 15 is 0 Å². The Morgan fingerprint density at radius 1 is 0.944 bits per heavy atom. The fourth-order valence-corrected chi connectivity index (χ4v) is 9.77. The fourth-order valence-electron chi connectivity index (χ4n) is 9.77. The van der Waals surface area contributed by atoms with Crippen molar-refractivity contribution >= 4 is 11.8 Å². The third-order valence-electron chi connectivity index (χ3n) is 13.0. The zero-order chi connectivity index (χ0) is 37.7. The molecule has 5 atom stereocenters. The molecular weight excluding hydrogens is 679 g/mol. The van der Waals surface area contributed by atoms with Crippen molar-refractivity contribution in [3.8, 4) is 6.07 Å². The maximum absolute atomic E-state index is 13.9. The van der Waals surface area contributed by atoms with Gasteiger partial charge in [-0.15, -0.1) is 10.2 Å². The van der Waals surface area contributed by atoms with Crippen molar-refractivity contribution < 1.29 is 9.59 Å². The summed E-state index contributed by atoms with van der Waals surface area (Å²) >= 11 is 0. The molecule has 1 unspecified atom stereocenters. The van der Waals surface area contributed by atoms with Crippen LogP contribution in [0.3, 0.4) is 0 Å². The number of piperidine rings is 1. The van der Waals surface area contributed by atoms with Crippen molar-refractivity contribution in [1.29, 1.82) is 5.26 Å². The Balaban J connectivity index is 1.15. The topological polar surface area (TPSA) is 141 Å². The highest BCUT2D eigenvalue weighted by Gasteiger charge is 2.58. The second kappa shape index (κ2) is 14.5. The van der Waals surface area contributed by atoms with E-state index < -0.39 is 5.41 Å². The lowest BCUT2D eigenvalue weighted by Crippen LogP contribution is -2.47. The first-order valence-corrected chi connectivity index (χ1v) is 19.6. The number of amides is 2. The number of piperazine rings is 2. The summed E-state index contributed by atoms with van der Waals surface area (Å²) in [7, 11) is 4.18. The highest BCUT2D eigenvalue weighted by molar-refractivity contribution is 5.95. The SMILES string of the molecule is C=C(CN[C@H](C)CC1(c2nn[nH]n2)c2ccc(C(=O)N3CCN(C)CC3)cc2CCc2cc(C(=O)N3CCN(C)CC3)ccc21)N1C(C#N)C[C@@H]2[C@H](C)[C@@H]21. The summed E-state index contributed by atoms with van der Waals surface area (Å²) in [5.41, 5.74) is 5.70. The van der Waals surface area contributed by atoms with E-state index in [0.717, 1.165) is 60.6 Å². The van der Waals surface area contributed by atoms with Crippen molar-refractivity contribution in [2.75, 3.05) is 73.0 Å². The molecule has 3 aliphatic heterocycles. The number of nitriles is 1. The van der Waals surface area contributed by atoms with Crippen LogP contribution in [0.5, 0.6) is 0 Å². The van der Waals surface area contributed by atoms with Crippen LogP contribution in [-0.4, -0.2) is 148 Å². The molecule has 2 aliphatic carbocycles. The van der Waals surface area contributed by atoms with E-state index in [4.69, 9.17) is 0 Å². The van der Waals surface area contributed by atoms with Gasteiger partial charge in [-0.3, -0.25) is 9.59 Å². The molecule has 4 fully saturated rings. The summed E-state index contributed by atoms with van der Waals surface area (Å²) in [5.74, 6) is 1.82. The van der Waals surface area contributed by atoms with Crippen LogP contribution in [0.15, 0.2) is 48.7 Å². The smallest absolute Gasteiger partial charge is 0.253 e. The van der Waals surface area contributed by atoms with Gasteiger partial charge in [0.05, 0.1) is 11.5 Å². The number of aromatic amines is 1. The fraction of sp³-hybridized carbons (Fsp3) is 0.561. The number of likely N-dealkylation sites (tertiary alicyclic amines) is 1. The van der Waals surface area contributed by atoms with Crippen LogP contribution >= 0.6 is 0 Å². The quantitative estimate of drug-likeness (QED) is 0.338. The number of H-pyrrole nitrogens is 1. The van der Waals surface area contributed by atoms with Crippen molar-refractivity contribution in [2.45, 2.75) is 63.1 Å². The predicted molar refractivity (Wildman–Crippen MR) is 205 cm³/mol. The van der Waals surface area contributed by atoms with Gasteiger partial charge in [-0.25, -0.2) is 0 Å². The lowest BCUT2D eigenvalue weighted by atomic mass is 9.67. The summed E-state index contributed by atoms with van der Waals surface area (Å²) in [6, 6.07) is 15.0. The normalized spacial score (nSPS) is 25.6. The highest BCUT2D eigenvalue weighted by Crippen LogP contribution is 2.54. The zero-order valence-electron chi connectivity index (χ0n) is 32.1. The highest BCUT2D eigenvalue weighted by atomic mass is 16.2. The molecule has 0 bridgehead atoms. The molecule has 1 saturated carbocycles. The number of aryl methyl sites for hydroxylation is 2. The average molecular weight is 732 g/mol. The molecule has 3 saturated heterocycles. The summed E-state index contributed by atoms with van der Waals surface area (Å²) in [4.78, 5) is 38.4. The third-order valence-corrected chi connectivity index (χ3v) is 13.0. The van der Waals surface area contributed by atoms with E-state index in [9.17, 15) is 14.9 Å². The molecule has 54 heavy (non-hydrogen) atoms. The lowest BCUT2D eigenvalue weighted by Gasteiger charge is -2.37. The van der Waals surface area contributed by atoms with Crippen LogP contribution in [-0.2, 0) is 18.3 Å². The predicted octanol–water partition coefficient (Wildman–Crippen LogP) is 2.52. The molecule has 8 rings (SSSR count). The molecule has 13 nitrogen and oxygen atoms in total. The van der Waals surface area contributed by atoms with E-state index in [-0.39, 0.29) is 23.9 Å². The first-order valence-electron chi connectivity index (χ1n) is 19.6. The zero-order valence-corrected chi connectivity index (χ0v) is 32.1. The first-order chi connectivity index (χ1) is 26.1. The van der Waals surface area contributed by atoms with Gasteiger partial charge in [0.25, 0.3) is 11.8 Å². The van der Waals surface area contributed by atoms with E-state index in [2.05, 4.69) is 105 Å². The molecule has 2 N–H and O–H groups in total. The van der Waals surface area contributed by atoms with Gasteiger partial charge in [-0.2, -0.15) is 10.5 Å². The van der Waals surface area contributed by atoms with Crippen LogP contribution in [0, 0.1) is 23.2 Å². The molecule has 1 aromatic heterocycles. The van der Waals surface area contributed by atoms with Crippen LogP contribution in [0.25, 0.3) is 0 Å². The maximum atomic E-state index is 13.9. The summed E-state index contributed by atoms with van der Waals surface area (Å²) in [6.45, 7) is 15.7. The second-order valence-corrected chi connectivity index (χ2v) is 16.4. The number of benzene rings is 2. The number of hydrogen-bond donors (Lipinski definition) is 2. The van der Waals surface area contributed by atoms with Gasteiger partial charge in [0.15, 0.2) is 5.82 Å². The number of fused-ring (bicyclic) bond motifs is 3. The Labute approximate surface area is 318 Å². The lowest BCUT2D eigenvalue weighted by molar-refractivity contribution is 0.0657. The number of rotatable bonds is 9. The largest absolute Gasteiger partial charge is 0.355 e. The van der Waals surface area contributed by atoms with Crippen LogP contribution in [0.4, 0.5) is 0 Å². The van der Waals surface area contributed by atoms with Crippen molar-refractivity contribution in [3.05, 3.63) is 87.9 Å². The number of carbonyl (C=O) groups excluding carboxylic acids is 2. The Kier molecular flexibility index (Phi) is 9.79. The summed E-state index contributed by atoms with van der Waals surface area (Å²) in [5, 5.41) is 29.9. The van der Waals surface area contributed by atoms with Crippen molar-refractivity contribution in [3.63, 3.8) is 0 Å². The molecule has 13 heteroatoms. The van der Waals surface area contributed by atoms with Crippen molar-refractivity contribution in [2.24, 2.45) is 11.8 Å². The van der Waals surface area contributed by atoms with Crippen LogP contribution in [0.1, 0.15) is 75.5 Å². The van der Waals surface area contributed by atoms with E-state index in [1.165, 1.54) is 0 Å². The number of tetrazole rings is 1. The maximum Gasteiger partial charge on any atom is 0.253 e. The van der Waals surface area contributed by atoms with Crippen LogP contribution < -0.4 is 5.32 Å². The van der Waals surface area contributed by atoms with Crippen LogP contribution in [0.2, 0.25) is 0 Å². The van der Waals surface area contributed by atoms with Gasteiger partial charge in [-0.1, -0.05) is 30.8 Å². The van der Waals surface area contributed by atoms with Crippen molar-refractivity contribution in [1.82, 2.24) is 50.4 Å². The Morgan fingerprint density at radius 2 is 1.50 bits per heavy atom. The number of carbonyl (C=O) groups is 2. The minimum Gasteiger partial charge on any atom is -0.355 e. The molecule has 0 spiro atoms. The third kappa shape index (κ3) is 6.48. The minimum atomic E-state index is -0.842. The Hall–Kier alpha value is -4.64. The van der Waals surface area contributed by atoms with E-state index in [0.29, 0.717) is 86.8 Å². The number of hydrogen-bond acceptors (Lipinski definition) is 10. The van der Waals surface area contributed by atoms with Gasteiger partial charge in [0.1, 0.15) is 6.04 Å². The van der Waals surface area contributed by atoms with Gasteiger partial charge >= 0.3 is 0 Å². The van der Waals surface area contributed by atoms with E-state index in [1.54, 1.807) is 0 Å². The van der Waals surface area contributed by atoms with Gasteiger partial charge in [-0.05, 0) is 105 Å². The number of likely N-dealkylation sites (N-methyl/N-ethyl adjacent to an activating group) is 2. The standard InChI is InChI=1S/C41H53N11O2/c1-26(43-25-27(2)52-33(24-42)22-34-28(3)37(34)52)23-41(40-44-46-47-45-40)35-10-8-31(38(53)50-16-12-48(4)13-17-50)20-29(35)6-7-30-21-32(9-11-36(30)41)39(54)51-18-14-49(5)15-19-51/h8-11,20-21,26,28,33-34,37,43H,2,6-7,12-19,22-23,25H2,1,3-5H3,(H,44,45,46,47)/t26-,28+,33?,34-,37+/m1/s1. The Bertz CT molecular complexity index is 1850. The average Bonchev–Trinajstić information content (AvgIpc) is 3.52. The number of aromatic nitrogens is 4. The molecule has 4 heterocycles. The molecule has 2 aromatic carbocycles. The summed E-state index contributed by atoms with van der Waals surface area (Å²) < 4.78 is 0. The number of nitrogens with zero attached hydrogens (tertiary/aromatic N) is 9. The number of nitrogens with one attached hydrogen (secondary N) is 2. The molecular formula is C41H53N11O2. The summed E-state index contributed by atoms with van der Waals surface area (Å²) in [6.07, 6.45) is 2.88. The Morgan fingerprint density at radius 3 is 2.00 bits per heavy atom. The molecule has 0 radical (unpaired) electrons. The first kappa shape index (κ1) is 36.3. The molecule has 284 valence electrons. The van der Waals surface area contributed by atoms with Gasteiger partial charge in [0, 0.05) is 87.8 Å². The van der Waals surface area contributed by atoms with Gasteiger partial charge < -0.3 is 29.8 Å². The van der Waals surface area contributed by atoms with Gasteiger partial charge in [0.2, 0.25) is 0 Å². The van der Waals surface area contributed by atoms with E-state index in [1.807, 2.05) is 21.9 Å².